The zero-order valence-corrected chi connectivity index (χ0v) is 22.2. The Balaban J connectivity index is 1.76. The van der Waals surface area contributed by atoms with E-state index in [1.807, 2.05) is 0 Å². The molecule has 0 amide bonds. The monoisotopic (exact) mass is 576 g/mol. The maximum atomic E-state index is 12.7. The molecule has 5 unspecified atom stereocenters. The van der Waals surface area contributed by atoms with Gasteiger partial charge in [-0.3, -0.25) is 27.1 Å². The maximum Gasteiger partial charge on any atom is 0.472 e. The standard InChI is InChI=1S/C16H29B2O15P3/c1-2-3-4-5-6-26-34(20,21)33-14-13-10(30-16(14)18)8-28-35(22,23)31-12-9(29-15(17)11(12)19)7-27-36(24,25)32-13/h1,9-16,19H,3-8,17-18H2,(H,20,21)(H,22,23)(H,24,25)/t9-,10-,11?,12+,13?,14+,15-,16-/m1/s1. The van der Waals surface area contributed by atoms with Crippen LogP contribution in [0.15, 0.2) is 0 Å². The van der Waals surface area contributed by atoms with Gasteiger partial charge in [-0.25, -0.2) is 13.7 Å². The van der Waals surface area contributed by atoms with Crippen LogP contribution in [0.1, 0.15) is 19.3 Å². The fraction of sp³-hybridized carbons (Fsp3) is 0.875. The summed E-state index contributed by atoms with van der Waals surface area (Å²) in [6.45, 7) is -1.53. The molecule has 0 aliphatic carbocycles. The van der Waals surface area contributed by atoms with Crippen molar-refractivity contribution in [3.05, 3.63) is 0 Å². The Kier molecular flexibility index (Phi) is 10.5. The highest BCUT2D eigenvalue weighted by Crippen LogP contribution is 2.54. The molecular weight excluding hydrogens is 547 g/mol. The first-order chi connectivity index (χ1) is 16.7. The number of hydrogen-bond acceptors (Lipinski definition) is 12. The molecule has 3 aliphatic rings. The minimum absolute atomic E-state index is 0.144. The third-order valence-electron chi connectivity index (χ3n) is 5.65. The van der Waals surface area contributed by atoms with Gasteiger partial charge >= 0.3 is 23.5 Å². The first kappa shape index (κ1) is 30.4. The molecule has 0 spiro atoms. The third kappa shape index (κ3) is 8.20. The minimum atomic E-state index is -4.89. The van der Waals surface area contributed by atoms with Crippen molar-refractivity contribution < 1.29 is 70.1 Å². The lowest BCUT2D eigenvalue weighted by molar-refractivity contribution is -0.0491. The van der Waals surface area contributed by atoms with E-state index >= 15 is 0 Å². The predicted molar refractivity (Wildman–Crippen MR) is 125 cm³/mol. The van der Waals surface area contributed by atoms with Crippen LogP contribution in [0.3, 0.4) is 0 Å². The zero-order valence-electron chi connectivity index (χ0n) is 19.6. The molecule has 0 saturated carbocycles. The Labute approximate surface area is 209 Å². The summed E-state index contributed by atoms with van der Waals surface area (Å²) in [5.41, 5.74) is 0. The van der Waals surface area contributed by atoms with Gasteiger partial charge in [-0.1, -0.05) is 0 Å². The largest absolute Gasteiger partial charge is 0.472 e. The number of phosphoric ester groups is 3. The van der Waals surface area contributed by atoms with E-state index in [4.69, 9.17) is 43.0 Å². The van der Waals surface area contributed by atoms with Gasteiger partial charge in [0.2, 0.25) is 0 Å². The van der Waals surface area contributed by atoms with Gasteiger partial charge in [-0.2, -0.15) is 0 Å². The summed E-state index contributed by atoms with van der Waals surface area (Å²) in [6.07, 6.45) is -1.77. The van der Waals surface area contributed by atoms with Gasteiger partial charge in [0.1, 0.15) is 52.3 Å². The van der Waals surface area contributed by atoms with Gasteiger partial charge in [0.15, 0.2) is 0 Å². The average molecular weight is 576 g/mol. The highest BCUT2D eigenvalue weighted by molar-refractivity contribution is 7.48. The van der Waals surface area contributed by atoms with Crippen LogP contribution in [0, 0.1) is 12.3 Å². The van der Waals surface area contributed by atoms with E-state index in [-0.39, 0.29) is 6.61 Å². The number of rotatable bonds is 7. The first-order valence-electron chi connectivity index (χ1n) is 11.1. The van der Waals surface area contributed by atoms with E-state index in [2.05, 4.69) is 5.92 Å². The number of hydrogen-bond donors (Lipinski definition) is 4. The summed E-state index contributed by atoms with van der Waals surface area (Å²) < 4.78 is 79.0. The lowest BCUT2D eigenvalue weighted by Gasteiger charge is -2.29. The van der Waals surface area contributed by atoms with Gasteiger partial charge in [0, 0.05) is 6.42 Å². The molecule has 20 heteroatoms. The van der Waals surface area contributed by atoms with Crippen LogP contribution in [0.4, 0.5) is 0 Å². The predicted octanol–water partition coefficient (Wildman–Crippen LogP) is -1.61. The van der Waals surface area contributed by atoms with E-state index < -0.39 is 85.3 Å². The van der Waals surface area contributed by atoms with Crippen LogP contribution in [0.25, 0.3) is 0 Å². The topological polar surface area (TPSA) is 206 Å². The first-order valence-corrected chi connectivity index (χ1v) is 15.6. The lowest BCUT2D eigenvalue weighted by atomic mass is 9.93. The molecule has 0 aromatic heterocycles. The van der Waals surface area contributed by atoms with Crippen molar-refractivity contribution in [1.82, 2.24) is 0 Å². The average Bonchev–Trinajstić information content (AvgIpc) is 3.20. The Bertz CT molecular complexity index is 948. The van der Waals surface area contributed by atoms with E-state index in [0.29, 0.717) is 19.3 Å². The van der Waals surface area contributed by atoms with E-state index in [9.17, 15) is 33.5 Å². The number of fused-ring (bicyclic) bond motifs is 2. The minimum Gasteiger partial charge on any atom is -0.388 e. The van der Waals surface area contributed by atoms with Gasteiger partial charge in [0.25, 0.3) is 0 Å². The van der Waals surface area contributed by atoms with Gasteiger partial charge in [-0.05, 0) is 12.8 Å². The van der Waals surface area contributed by atoms with Crippen molar-refractivity contribution in [2.45, 2.75) is 67.9 Å². The van der Waals surface area contributed by atoms with Gasteiger partial charge in [0.05, 0.1) is 31.8 Å². The molecule has 204 valence electrons. The van der Waals surface area contributed by atoms with Crippen LogP contribution < -0.4 is 0 Å². The van der Waals surface area contributed by atoms with Crippen molar-refractivity contribution >= 4 is 39.2 Å². The molecule has 11 atom stereocenters. The second kappa shape index (κ2) is 12.4. The third-order valence-corrected chi connectivity index (χ3v) is 8.64. The number of unbranched alkanes of at least 4 members (excludes halogenated alkanes) is 2. The van der Waals surface area contributed by atoms with Crippen LogP contribution >= 0.6 is 23.5 Å². The van der Waals surface area contributed by atoms with E-state index in [1.165, 1.54) is 15.7 Å². The van der Waals surface area contributed by atoms with Gasteiger partial charge < -0.3 is 29.3 Å². The molecular formula is C16H29B2O15P3. The molecule has 4 N–H and O–H groups in total. The molecule has 3 aliphatic heterocycles. The number of ether oxygens (including phenoxy) is 2. The second-order valence-corrected chi connectivity index (χ2v) is 12.7. The summed E-state index contributed by atoms with van der Waals surface area (Å²) in [7, 11) is -11.5. The SMILES string of the molecule is B[C@@H]1O[C@@H]2COP(=O)(O)OC3[C@@H](COP(=O)(O)O[C@@H]2C1O)O[C@@H](B)[C@H]3OP(=O)(O)OCCCCC#C. The Morgan fingerprint density at radius 3 is 2.17 bits per heavy atom. The van der Waals surface area contributed by atoms with E-state index in [1.54, 1.807) is 0 Å². The lowest BCUT2D eigenvalue weighted by Crippen LogP contribution is -2.40. The molecule has 0 radical (unpaired) electrons. The van der Waals surface area contributed by atoms with Crippen molar-refractivity contribution in [3.8, 4) is 12.3 Å². The smallest absolute Gasteiger partial charge is 0.388 e. The molecule has 0 bridgehead atoms. The highest BCUT2D eigenvalue weighted by Gasteiger charge is 2.53. The van der Waals surface area contributed by atoms with E-state index in [0.717, 1.165) is 0 Å². The van der Waals surface area contributed by atoms with Crippen LogP contribution in [0.5, 0.6) is 0 Å². The number of aliphatic hydroxyl groups is 1. The van der Waals surface area contributed by atoms with Crippen molar-refractivity contribution in [3.63, 3.8) is 0 Å². The fourth-order valence-electron chi connectivity index (χ4n) is 3.90. The molecule has 0 aromatic carbocycles. The number of terminal acetylenes is 1. The molecule has 3 rings (SSSR count). The second-order valence-electron chi connectivity index (χ2n) is 8.45. The number of phosphoric acid groups is 3. The normalized spacial score (nSPS) is 45.4. The highest BCUT2D eigenvalue weighted by atomic mass is 31.2. The van der Waals surface area contributed by atoms with Gasteiger partial charge in [-0.15, -0.1) is 12.3 Å². The summed E-state index contributed by atoms with van der Waals surface area (Å²) in [6, 6.07) is -1.86. The zero-order chi connectivity index (χ0) is 26.7. The van der Waals surface area contributed by atoms with Crippen molar-refractivity contribution in [1.29, 1.82) is 0 Å². The Morgan fingerprint density at radius 2 is 1.56 bits per heavy atom. The van der Waals surface area contributed by atoms with Crippen molar-refractivity contribution in [2.75, 3.05) is 19.8 Å². The molecule has 36 heavy (non-hydrogen) atoms. The fourth-order valence-corrected chi connectivity index (χ4v) is 6.84. The van der Waals surface area contributed by atoms with Crippen LogP contribution in [0.2, 0.25) is 0 Å². The quantitative estimate of drug-likeness (QED) is 0.116. The summed E-state index contributed by atoms with van der Waals surface area (Å²) in [5, 5.41) is 10.2. The maximum absolute atomic E-state index is 12.7. The molecule has 3 heterocycles. The van der Waals surface area contributed by atoms with Crippen LogP contribution in [-0.4, -0.2) is 104 Å². The molecule has 15 nitrogen and oxygen atoms in total. The van der Waals surface area contributed by atoms with Crippen molar-refractivity contribution in [2.24, 2.45) is 0 Å². The molecule has 3 fully saturated rings. The Hall–Kier alpha value is -0.100. The summed E-state index contributed by atoms with van der Waals surface area (Å²) in [5.74, 6) is 2.43. The summed E-state index contributed by atoms with van der Waals surface area (Å²) in [4.78, 5) is 30.6. The number of aliphatic hydroxyl groups excluding tert-OH is 1. The molecule has 0 aromatic rings. The Morgan fingerprint density at radius 1 is 1.00 bits per heavy atom. The summed E-state index contributed by atoms with van der Waals surface area (Å²) >= 11 is 0. The molecule has 3 saturated heterocycles. The van der Waals surface area contributed by atoms with Crippen LogP contribution in [-0.2, 0) is 50.3 Å².